The van der Waals surface area contributed by atoms with Crippen molar-refractivity contribution < 1.29 is 9.59 Å². The molecule has 23 heavy (non-hydrogen) atoms. The maximum Gasteiger partial charge on any atom is 0.321 e. The molecule has 128 valence electrons. The minimum atomic E-state index is -0.470. The number of nitrogens with one attached hydrogen (secondary N) is 2. The molecule has 0 radical (unpaired) electrons. The van der Waals surface area contributed by atoms with E-state index >= 15 is 0 Å². The molecule has 2 rings (SSSR count). The monoisotopic (exact) mass is 340 g/mol. The smallest absolute Gasteiger partial charge is 0.321 e. The Morgan fingerprint density at radius 1 is 1.30 bits per heavy atom. The van der Waals surface area contributed by atoms with E-state index in [0.717, 1.165) is 36.3 Å². The lowest BCUT2D eigenvalue weighted by atomic mass is 10.00. The number of carbonyl (C=O) groups is 2. The van der Waals surface area contributed by atoms with E-state index in [1.165, 1.54) is 0 Å². The Labute approximate surface area is 143 Å². The molecule has 1 aliphatic rings. The number of rotatable bonds is 2. The molecule has 0 unspecified atom stereocenters. The number of carbonyl (C=O) groups excluding carboxylic acids is 2. The Bertz CT molecular complexity index is 584. The van der Waals surface area contributed by atoms with Crippen molar-refractivity contribution in [3.05, 3.63) is 23.8 Å². The summed E-state index contributed by atoms with van der Waals surface area (Å²) in [5.74, 6) is -0.322. The van der Waals surface area contributed by atoms with Crippen molar-refractivity contribution in [2.45, 2.75) is 39.2 Å². The third kappa shape index (κ3) is 5.32. The summed E-state index contributed by atoms with van der Waals surface area (Å²) in [7, 11) is 0. The number of benzene rings is 1. The Morgan fingerprint density at radius 2 is 2.00 bits per heavy atom. The van der Waals surface area contributed by atoms with E-state index in [9.17, 15) is 9.59 Å². The van der Waals surface area contributed by atoms with E-state index in [2.05, 4.69) is 10.6 Å². The van der Waals surface area contributed by atoms with Gasteiger partial charge in [0.25, 0.3) is 0 Å². The van der Waals surface area contributed by atoms with Gasteiger partial charge in [-0.05, 0) is 51.3 Å². The first-order chi connectivity index (χ1) is 10.3. The third-order valence-electron chi connectivity index (χ3n) is 3.46. The minimum Gasteiger partial charge on any atom is -0.398 e. The predicted molar refractivity (Wildman–Crippen MR) is 95.1 cm³/mol. The second kappa shape index (κ2) is 7.55. The highest BCUT2D eigenvalue weighted by Gasteiger charge is 2.22. The maximum atomic E-state index is 12.1. The third-order valence-corrected chi connectivity index (χ3v) is 3.46. The van der Waals surface area contributed by atoms with Gasteiger partial charge in [0.1, 0.15) is 0 Å². The van der Waals surface area contributed by atoms with Crippen molar-refractivity contribution in [3.8, 4) is 0 Å². The van der Waals surface area contributed by atoms with Crippen molar-refractivity contribution in [2.75, 3.05) is 23.7 Å². The molecular formula is C16H25ClN4O2. The Morgan fingerprint density at radius 3 is 2.65 bits per heavy atom. The predicted octanol–water partition coefficient (Wildman–Crippen LogP) is 2.07. The van der Waals surface area contributed by atoms with Gasteiger partial charge in [-0.2, -0.15) is 0 Å². The highest BCUT2D eigenvalue weighted by atomic mass is 35.5. The molecule has 1 heterocycles. The molecule has 4 N–H and O–H groups in total. The molecule has 1 aromatic rings. The molecule has 0 atom stereocenters. The highest BCUT2D eigenvalue weighted by molar-refractivity contribution is 5.96. The number of nitrogen functional groups attached to an aromatic ring is 1. The fraction of sp³-hybridized carbons (Fsp3) is 0.500. The van der Waals surface area contributed by atoms with E-state index < -0.39 is 6.03 Å². The molecule has 0 spiro atoms. The average molecular weight is 341 g/mol. The van der Waals surface area contributed by atoms with Crippen LogP contribution in [0.25, 0.3) is 0 Å². The Kier molecular flexibility index (Phi) is 6.27. The second-order valence-corrected chi connectivity index (χ2v) is 6.62. The molecule has 3 amide bonds. The van der Waals surface area contributed by atoms with Gasteiger partial charge >= 0.3 is 6.03 Å². The van der Waals surface area contributed by atoms with Crippen molar-refractivity contribution in [1.82, 2.24) is 10.6 Å². The first-order valence-corrected chi connectivity index (χ1v) is 7.50. The highest BCUT2D eigenvalue weighted by Crippen LogP contribution is 2.30. The van der Waals surface area contributed by atoms with E-state index in [4.69, 9.17) is 5.73 Å². The van der Waals surface area contributed by atoms with Crippen LogP contribution >= 0.6 is 12.4 Å². The molecule has 1 aromatic carbocycles. The van der Waals surface area contributed by atoms with E-state index in [1.807, 2.05) is 43.9 Å². The maximum absolute atomic E-state index is 12.1. The zero-order valence-electron chi connectivity index (χ0n) is 13.8. The molecule has 0 fully saturated rings. The van der Waals surface area contributed by atoms with Crippen LogP contribution in [0.1, 0.15) is 32.8 Å². The zero-order valence-corrected chi connectivity index (χ0v) is 14.6. The summed E-state index contributed by atoms with van der Waals surface area (Å²) in [6.45, 7) is 6.51. The molecule has 7 heteroatoms. The number of urea groups is 1. The first kappa shape index (κ1) is 19.1. The standard InChI is InChI=1S/C16H24N4O2.ClH/c1-16(2,3)19-15(22)18-14(21)10-20-9-5-6-11-12(17)7-4-8-13(11)20;/h4,7-8H,5-6,9-10,17H2,1-3H3,(H2,18,19,21,22);1H. The molecule has 0 saturated heterocycles. The fourth-order valence-electron chi connectivity index (χ4n) is 2.60. The lowest BCUT2D eigenvalue weighted by Crippen LogP contribution is -2.50. The van der Waals surface area contributed by atoms with Gasteiger partial charge < -0.3 is 16.0 Å². The summed E-state index contributed by atoms with van der Waals surface area (Å²) < 4.78 is 0. The van der Waals surface area contributed by atoms with Gasteiger partial charge in [0.2, 0.25) is 5.91 Å². The normalized spacial score (nSPS) is 13.6. The molecule has 1 aliphatic heterocycles. The number of hydrogen-bond donors (Lipinski definition) is 3. The summed E-state index contributed by atoms with van der Waals surface area (Å²) in [6.07, 6.45) is 1.87. The van der Waals surface area contributed by atoms with Crippen LogP contribution in [0, 0.1) is 0 Å². The quantitative estimate of drug-likeness (QED) is 0.719. The van der Waals surface area contributed by atoms with Crippen LogP contribution < -0.4 is 21.3 Å². The molecule has 0 bridgehead atoms. The van der Waals surface area contributed by atoms with Gasteiger partial charge in [0, 0.05) is 23.5 Å². The lowest BCUT2D eigenvalue weighted by Gasteiger charge is -2.31. The lowest BCUT2D eigenvalue weighted by molar-refractivity contribution is -0.118. The largest absolute Gasteiger partial charge is 0.398 e. The Hall–Kier alpha value is -1.95. The number of amides is 3. The first-order valence-electron chi connectivity index (χ1n) is 7.50. The van der Waals surface area contributed by atoms with Gasteiger partial charge in [-0.15, -0.1) is 12.4 Å². The van der Waals surface area contributed by atoms with Gasteiger partial charge in [-0.3, -0.25) is 10.1 Å². The molecule has 6 nitrogen and oxygen atoms in total. The second-order valence-electron chi connectivity index (χ2n) is 6.62. The summed E-state index contributed by atoms with van der Waals surface area (Å²) in [6, 6.07) is 5.26. The van der Waals surface area contributed by atoms with Gasteiger partial charge in [-0.1, -0.05) is 6.07 Å². The number of nitrogens with two attached hydrogens (primary N) is 1. The molecule has 0 aromatic heterocycles. The number of hydrogen-bond acceptors (Lipinski definition) is 4. The summed E-state index contributed by atoms with van der Waals surface area (Å²) in [5.41, 5.74) is 8.44. The minimum absolute atomic E-state index is 0. The van der Waals surface area contributed by atoms with E-state index in [1.54, 1.807) is 0 Å². The SMILES string of the molecule is CC(C)(C)NC(=O)NC(=O)CN1CCCc2c(N)cccc21.Cl. The number of halogens is 1. The molecule has 0 saturated carbocycles. The summed E-state index contributed by atoms with van der Waals surface area (Å²) >= 11 is 0. The van der Waals surface area contributed by atoms with Crippen LogP contribution in [0.15, 0.2) is 18.2 Å². The van der Waals surface area contributed by atoms with Gasteiger partial charge in [-0.25, -0.2) is 4.79 Å². The Balaban J connectivity index is 0.00000264. The van der Waals surface area contributed by atoms with Crippen LogP contribution in [-0.2, 0) is 11.2 Å². The van der Waals surface area contributed by atoms with Crippen molar-refractivity contribution in [1.29, 1.82) is 0 Å². The summed E-state index contributed by atoms with van der Waals surface area (Å²) in [4.78, 5) is 25.8. The van der Waals surface area contributed by atoms with Crippen molar-refractivity contribution in [2.24, 2.45) is 0 Å². The number of fused-ring (bicyclic) bond motifs is 1. The van der Waals surface area contributed by atoms with Gasteiger partial charge in [0.15, 0.2) is 0 Å². The van der Waals surface area contributed by atoms with Crippen LogP contribution in [0.4, 0.5) is 16.2 Å². The van der Waals surface area contributed by atoms with Crippen LogP contribution in [0.2, 0.25) is 0 Å². The van der Waals surface area contributed by atoms with Gasteiger partial charge in [0.05, 0.1) is 6.54 Å². The van der Waals surface area contributed by atoms with E-state index in [0.29, 0.717) is 0 Å². The number of nitrogens with zero attached hydrogens (tertiary/aromatic N) is 1. The average Bonchev–Trinajstić information content (AvgIpc) is 2.37. The van der Waals surface area contributed by atoms with E-state index in [-0.39, 0.29) is 30.4 Å². The molecule has 0 aliphatic carbocycles. The van der Waals surface area contributed by atoms with Crippen molar-refractivity contribution in [3.63, 3.8) is 0 Å². The van der Waals surface area contributed by atoms with Crippen molar-refractivity contribution >= 4 is 35.7 Å². The zero-order chi connectivity index (χ0) is 16.3. The van der Waals surface area contributed by atoms with Crippen LogP contribution in [-0.4, -0.2) is 30.6 Å². The van der Waals surface area contributed by atoms with Crippen LogP contribution in [0.3, 0.4) is 0 Å². The molecular weight excluding hydrogens is 316 g/mol. The number of imide groups is 1. The summed E-state index contributed by atoms with van der Waals surface area (Å²) in [5, 5.41) is 5.07. The topological polar surface area (TPSA) is 87.5 Å². The van der Waals surface area contributed by atoms with Crippen LogP contribution in [0.5, 0.6) is 0 Å². The fourth-order valence-corrected chi connectivity index (χ4v) is 2.60. The number of anilines is 2.